The fourth-order valence-corrected chi connectivity index (χ4v) is 2.69. The number of carboxylic acid groups (broad SMARTS) is 1. The minimum absolute atomic E-state index is 0.230. The van der Waals surface area contributed by atoms with Crippen LogP contribution in [0, 0.1) is 0 Å². The van der Waals surface area contributed by atoms with Crippen LogP contribution in [0.3, 0.4) is 0 Å². The molecule has 0 unspecified atom stereocenters. The van der Waals surface area contributed by atoms with Crippen LogP contribution in [0.5, 0.6) is 0 Å². The second-order valence-electron chi connectivity index (χ2n) is 4.97. The van der Waals surface area contributed by atoms with Crippen LogP contribution in [0.2, 0.25) is 0 Å². The van der Waals surface area contributed by atoms with Crippen molar-refractivity contribution in [3.8, 4) is 0 Å². The number of rotatable bonds is 4. The van der Waals surface area contributed by atoms with Crippen molar-refractivity contribution >= 4 is 5.97 Å². The number of aliphatic carboxylic acids is 1. The van der Waals surface area contributed by atoms with E-state index < -0.39 is 5.97 Å². The Balaban J connectivity index is 2.02. The summed E-state index contributed by atoms with van der Waals surface area (Å²) in [5.74, 6) is -0.0124. The van der Waals surface area contributed by atoms with Gasteiger partial charge in [-0.05, 0) is 36.3 Å². The zero-order chi connectivity index (χ0) is 12.1. The highest BCUT2D eigenvalue weighted by Crippen LogP contribution is 2.32. The molecule has 1 aromatic rings. The molecule has 17 heavy (non-hydrogen) atoms. The molecule has 0 aliphatic heterocycles. The van der Waals surface area contributed by atoms with Crippen molar-refractivity contribution in [1.82, 2.24) is 0 Å². The van der Waals surface area contributed by atoms with Crippen LogP contribution in [0.25, 0.3) is 0 Å². The fraction of sp³-hybridized carbons (Fsp3) is 0.533. The molecule has 2 nitrogen and oxygen atoms in total. The second kappa shape index (κ2) is 5.85. The molecule has 0 saturated heterocycles. The van der Waals surface area contributed by atoms with E-state index in [4.69, 9.17) is 5.11 Å². The van der Waals surface area contributed by atoms with E-state index in [0.29, 0.717) is 12.3 Å². The van der Waals surface area contributed by atoms with Crippen molar-refractivity contribution in [1.29, 1.82) is 0 Å². The van der Waals surface area contributed by atoms with Crippen molar-refractivity contribution in [2.24, 2.45) is 0 Å². The normalized spacial score (nSPS) is 16.9. The molecular formula is C15H20O2. The Labute approximate surface area is 103 Å². The van der Waals surface area contributed by atoms with Crippen LogP contribution >= 0.6 is 0 Å². The highest BCUT2D eigenvalue weighted by molar-refractivity contribution is 5.67. The first-order valence-electron chi connectivity index (χ1n) is 6.56. The van der Waals surface area contributed by atoms with E-state index in [9.17, 15) is 4.79 Å². The van der Waals surface area contributed by atoms with Gasteiger partial charge in [-0.25, -0.2) is 0 Å². The van der Waals surface area contributed by atoms with Gasteiger partial charge in [-0.15, -0.1) is 0 Å². The van der Waals surface area contributed by atoms with Gasteiger partial charge in [0.25, 0.3) is 0 Å². The van der Waals surface area contributed by atoms with Crippen LogP contribution in [0.1, 0.15) is 55.6 Å². The fourth-order valence-electron chi connectivity index (χ4n) is 2.69. The molecule has 92 valence electrons. The standard InChI is InChI=1S/C15H20O2/c16-15(17)10-9-12-5-4-8-14(11-12)13-6-2-1-3-7-13/h4-5,8,11,13H,1-3,6-7,9-10H2,(H,16,17). The lowest BCUT2D eigenvalue weighted by molar-refractivity contribution is -0.136. The number of hydrogen-bond donors (Lipinski definition) is 1. The lowest BCUT2D eigenvalue weighted by Gasteiger charge is -2.22. The summed E-state index contributed by atoms with van der Waals surface area (Å²) >= 11 is 0. The zero-order valence-electron chi connectivity index (χ0n) is 10.2. The maximum absolute atomic E-state index is 10.6. The van der Waals surface area contributed by atoms with Crippen LogP contribution in [-0.4, -0.2) is 11.1 Å². The number of hydrogen-bond acceptors (Lipinski definition) is 1. The van der Waals surface area contributed by atoms with Crippen LogP contribution in [0.15, 0.2) is 24.3 Å². The third-order valence-electron chi connectivity index (χ3n) is 3.66. The topological polar surface area (TPSA) is 37.3 Å². The molecular weight excluding hydrogens is 212 g/mol. The van der Waals surface area contributed by atoms with Gasteiger partial charge >= 0.3 is 5.97 Å². The van der Waals surface area contributed by atoms with Crippen molar-refractivity contribution in [2.45, 2.75) is 50.9 Å². The number of carboxylic acids is 1. The Kier molecular flexibility index (Phi) is 4.18. The third-order valence-corrected chi connectivity index (χ3v) is 3.66. The molecule has 0 radical (unpaired) electrons. The lowest BCUT2D eigenvalue weighted by atomic mass is 9.83. The van der Waals surface area contributed by atoms with E-state index in [1.807, 2.05) is 6.07 Å². The average Bonchev–Trinajstić information content (AvgIpc) is 2.38. The summed E-state index contributed by atoms with van der Waals surface area (Å²) in [5, 5.41) is 8.69. The minimum Gasteiger partial charge on any atom is -0.481 e. The highest BCUT2D eigenvalue weighted by atomic mass is 16.4. The molecule has 1 aliphatic carbocycles. The lowest BCUT2D eigenvalue weighted by Crippen LogP contribution is -2.05. The monoisotopic (exact) mass is 232 g/mol. The Hall–Kier alpha value is -1.31. The Morgan fingerprint density at radius 3 is 2.71 bits per heavy atom. The Morgan fingerprint density at radius 2 is 2.00 bits per heavy atom. The van der Waals surface area contributed by atoms with Gasteiger partial charge in [-0.1, -0.05) is 43.5 Å². The summed E-state index contributed by atoms with van der Waals surface area (Å²) in [6.07, 6.45) is 7.51. The molecule has 2 rings (SSSR count). The summed E-state index contributed by atoms with van der Waals surface area (Å²) in [6, 6.07) is 8.51. The molecule has 0 amide bonds. The van der Waals surface area contributed by atoms with Gasteiger partial charge in [0.1, 0.15) is 0 Å². The molecule has 0 bridgehead atoms. The summed E-state index contributed by atoms with van der Waals surface area (Å²) in [5.41, 5.74) is 2.57. The van der Waals surface area contributed by atoms with Gasteiger partial charge in [0.15, 0.2) is 0 Å². The average molecular weight is 232 g/mol. The van der Waals surface area contributed by atoms with Crippen molar-refractivity contribution < 1.29 is 9.90 Å². The van der Waals surface area contributed by atoms with Gasteiger partial charge in [0, 0.05) is 6.42 Å². The number of carbonyl (C=O) groups is 1. The smallest absolute Gasteiger partial charge is 0.303 e. The molecule has 1 aromatic carbocycles. The van der Waals surface area contributed by atoms with Crippen LogP contribution in [-0.2, 0) is 11.2 Å². The third kappa shape index (κ3) is 3.58. The maximum atomic E-state index is 10.6. The van der Waals surface area contributed by atoms with E-state index in [0.717, 1.165) is 5.56 Å². The van der Waals surface area contributed by atoms with E-state index in [2.05, 4.69) is 18.2 Å². The molecule has 1 N–H and O–H groups in total. The van der Waals surface area contributed by atoms with E-state index >= 15 is 0 Å². The zero-order valence-corrected chi connectivity index (χ0v) is 10.2. The largest absolute Gasteiger partial charge is 0.481 e. The summed E-state index contributed by atoms with van der Waals surface area (Å²) < 4.78 is 0. The summed E-state index contributed by atoms with van der Waals surface area (Å²) in [7, 11) is 0. The minimum atomic E-state index is -0.715. The number of benzene rings is 1. The first-order chi connectivity index (χ1) is 8.25. The first-order valence-corrected chi connectivity index (χ1v) is 6.56. The van der Waals surface area contributed by atoms with Gasteiger partial charge in [0.05, 0.1) is 0 Å². The molecule has 1 fully saturated rings. The molecule has 0 spiro atoms. The van der Waals surface area contributed by atoms with Crippen LogP contribution < -0.4 is 0 Å². The predicted octanol–water partition coefficient (Wildman–Crippen LogP) is 3.75. The van der Waals surface area contributed by atoms with E-state index in [1.54, 1.807) is 0 Å². The maximum Gasteiger partial charge on any atom is 0.303 e. The number of aryl methyl sites for hydroxylation is 1. The van der Waals surface area contributed by atoms with Crippen LogP contribution in [0.4, 0.5) is 0 Å². The van der Waals surface area contributed by atoms with Crippen molar-refractivity contribution in [2.75, 3.05) is 0 Å². The van der Waals surface area contributed by atoms with Gasteiger partial charge < -0.3 is 5.11 Å². The highest BCUT2D eigenvalue weighted by Gasteiger charge is 2.15. The van der Waals surface area contributed by atoms with Gasteiger partial charge in [-0.2, -0.15) is 0 Å². The molecule has 0 atom stereocenters. The summed E-state index contributed by atoms with van der Waals surface area (Å²) in [4.78, 5) is 10.6. The van der Waals surface area contributed by atoms with Gasteiger partial charge in [-0.3, -0.25) is 4.79 Å². The Morgan fingerprint density at radius 1 is 1.24 bits per heavy atom. The van der Waals surface area contributed by atoms with E-state index in [1.165, 1.54) is 37.7 Å². The predicted molar refractivity (Wildman–Crippen MR) is 68.2 cm³/mol. The molecule has 0 aromatic heterocycles. The Bertz CT molecular complexity index is 378. The molecule has 1 saturated carbocycles. The van der Waals surface area contributed by atoms with E-state index in [-0.39, 0.29) is 6.42 Å². The SMILES string of the molecule is O=C(O)CCc1cccc(C2CCCCC2)c1. The quantitative estimate of drug-likeness (QED) is 0.858. The first kappa shape index (κ1) is 12.2. The molecule has 2 heteroatoms. The second-order valence-corrected chi connectivity index (χ2v) is 4.97. The van der Waals surface area contributed by atoms with Crippen molar-refractivity contribution in [3.05, 3.63) is 35.4 Å². The molecule has 1 aliphatic rings. The summed E-state index contributed by atoms with van der Waals surface area (Å²) in [6.45, 7) is 0. The molecule has 0 heterocycles. The van der Waals surface area contributed by atoms with Crippen molar-refractivity contribution in [3.63, 3.8) is 0 Å². The van der Waals surface area contributed by atoms with Gasteiger partial charge in [0.2, 0.25) is 0 Å².